The van der Waals surface area contributed by atoms with E-state index < -0.39 is 10.8 Å². The maximum Gasteiger partial charge on any atom is 0.282 e. The van der Waals surface area contributed by atoms with E-state index >= 15 is 0 Å². The first-order valence-electron chi connectivity index (χ1n) is 7.21. The lowest BCUT2D eigenvalue weighted by atomic mass is 10.1. The van der Waals surface area contributed by atoms with Gasteiger partial charge >= 0.3 is 0 Å². The van der Waals surface area contributed by atoms with Crippen LogP contribution in [0.1, 0.15) is 10.4 Å². The molecule has 0 atom stereocenters. The molecular weight excluding hydrogens is 342 g/mol. The molecule has 0 fully saturated rings. The molecule has 0 saturated heterocycles. The van der Waals surface area contributed by atoms with E-state index in [1.54, 1.807) is 29.1 Å². The predicted molar refractivity (Wildman–Crippen MR) is 92.6 cm³/mol. The summed E-state index contributed by atoms with van der Waals surface area (Å²) in [7, 11) is 1.85. The number of hydrogen-bond donors (Lipinski definition) is 1. The second kappa shape index (κ2) is 7.14. The summed E-state index contributed by atoms with van der Waals surface area (Å²) in [6.45, 7) is 0. The van der Waals surface area contributed by atoms with Gasteiger partial charge in [0.25, 0.3) is 11.6 Å². The Morgan fingerprint density at radius 2 is 1.92 bits per heavy atom. The normalized spacial score (nSPS) is 10.4. The van der Waals surface area contributed by atoms with Gasteiger partial charge in [0, 0.05) is 23.7 Å². The van der Waals surface area contributed by atoms with Crippen LogP contribution in [0.25, 0.3) is 0 Å². The molecule has 1 aromatic heterocycles. The third-order valence-corrected chi connectivity index (χ3v) is 4.40. The van der Waals surface area contributed by atoms with E-state index in [0.717, 1.165) is 10.1 Å². The molecule has 0 unspecified atom stereocenters. The molecule has 3 rings (SSSR count). The summed E-state index contributed by atoms with van der Waals surface area (Å²) >= 11 is 1.44. The van der Waals surface area contributed by atoms with Gasteiger partial charge in [0.1, 0.15) is 11.9 Å². The van der Waals surface area contributed by atoms with Crippen LogP contribution >= 0.6 is 11.8 Å². The molecule has 0 aliphatic carbocycles. The highest BCUT2D eigenvalue weighted by molar-refractivity contribution is 7.99. The lowest BCUT2D eigenvalue weighted by Crippen LogP contribution is -2.13. The van der Waals surface area contributed by atoms with Crippen LogP contribution in [0, 0.1) is 10.1 Å². The van der Waals surface area contributed by atoms with Crippen molar-refractivity contribution >= 4 is 29.0 Å². The fourth-order valence-electron chi connectivity index (χ4n) is 2.10. The first-order chi connectivity index (χ1) is 12.0. The Morgan fingerprint density at radius 3 is 2.56 bits per heavy atom. The zero-order valence-corrected chi connectivity index (χ0v) is 13.9. The highest BCUT2D eigenvalue weighted by atomic mass is 32.2. The first-order valence-corrected chi connectivity index (χ1v) is 8.03. The number of carbonyl (C=O) groups is 1. The zero-order chi connectivity index (χ0) is 17.8. The number of nitro benzene ring substituents is 1. The number of amides is 1. The van der Waals surface area contributed by atoms with Crippen molar-refractivity contribution in [2.75, 3.05) is 5.32 Å². The Hall–Kier alpha value is -3.20. The van der Waals surface area contributed by atoms with Gasteiger partial charge in [-0.25, -0.2) is 0 Å². The van der Waals surface area contributed by atoms with Crippen molar-refractivity contribution in [3.05, 3.63) is 70.5 Å². The summed E-state index contributed by atoms with van der Waals surface area (Å²) < 4.78 is 1.80. The maximum atomic E-state index is 12.3. The molecule has 0 aliphatic rings. The number of nitro groups is 1. The average Bonchev–Trinajstić information content (AvgIpc) is 3.01. The van der Waals surface area contributed by atoms with Crippen molar-refractivity contribution in [2.45, 2.75) is 10.1 Å². The van der Waals surface area contributed by atoms with Crippen molar-refractivity contribution in [2.24, 2.45) is 7.05 Å². The van der Waals surface area contributed by atoms with Crippen molar-refractivity contribution in [3.8, 4) is 0 Å². The van der Waals surface area contributed by atoms with E-state index in [9.17, 15) is 14.9 Å². The minimum atomic E-state index is -0.574. The van der Waals surface area contributed by atoms with Crippen LogP contribution < -0.4 is 5.32 Å². The molecule has 9 heteroatoms. The number of carbonyl (C=O) groups excluding carboxylic acids is 1. The lowest BCUT2D eigenvalue weighted by molar-refractivity contribution is -0.385. The van der Waals surface area contributed by atoms with Gasteiger partial charge in [-0.15, -0.1) is 10.2 Å². The number of hydrogen-bond acceptors (Lipinski definition) is 6. The molecule has 0 bridgehead atoms. The third kappa shape index (κ3) is 3.83. The van der Waals surface area contributed by atoms with Gasteiger partial charge in [-0.1, -0.05) is 12.1 Å². The number of nitrogens with zero attached hydrogens (tertiary/aromatic N) is 4. The van der Waals surface area contributed by atoms with Crippen molar-refractivity contribution in [3.63, 3.8) is 0 Å². The van der Waals surface area contributed by atoms with Crippen LogP contribution in [-0.4, -0.2) is 25.6 Å². The lowest BCUT2D eigenvalue weighted by Gasteiger charge is -2.07. The van der Waals surface area contributed by atoms with E-state index in [4.69, 9.17) is 0 Å². The van der Waals surface area contributed by atoms with Gasteiger partial charge < -0.3 is 9.88 Å². The fraction of sp³-hybridized carbons (Fsp3) is 0.0625. The van der Waals surface area contributed by atoms with E-state index in [2.05, 4.69) is 15.5 Å². The fourth-order valence-corrected chi connectivity index (χ4v) is 2.86. The SMILES string of the molecule is Cn1cnnc1Sc1ccc(NC(=O)c2ccccc2[N+](=O)[O-])cc1. The van der Waals surface area contributed by atoms with E-state index in [1.807, 2.05) is 19.2 Å². The Morgan fingerprint density at radius 1 is 1.20 bits per heavy atom. The monoisotopic (exact) mass is 355 g/mol. The van der Waals surface area contributed by atoms with Gasteiger partial charge in [0.2, 0.25) is 0 Å². The van der Waals surface area contributed by atoms with Crippen molar-refractivity contribution < 1.29 is 9.72 Å². The molecule has 0 radical (unpaired) electrons. The molecule has 1 amide bonds. The van der Waals surface area contributed by atoms with Crippen molar-refractivity contribution in [1.29, 1.82) is 0 Å². The van der Waals surface area contributed by atoms with Crippen LogP contribution in [-0.2, 0) is 7.05 Å². The number of aryl methyl sites for hydroxylation is 1. The summed E-state index contributed by atoms with van der Waals surface area (Å²) in [6.07, 6.45) is 1.61. The van der Waals surface area contributed by atoms with Gasteiger partial charge in [0.05, 0.1) is 4.92 Å². The average molecular weight is 355 g/mol. The van der Waals surface area contributed by atoms with Crippen LogP contribution in [0.4, 0.5) is 11.4 Å². The minimum Gasteiger partial charge on any atom is -0.322 e. The molecule has 25 heavy (non-hydrogen) atoms. The molecule has 1 N–H and O–H groups in total. The summed E-state index contributed by atoms with van der Waals surface area (Å²) in [6, 6.07) is 12.9. The van der Waals surface area contributed by atoms with Crippen molar-refractivity contribution in [1.82, 2.24) is 14.8 Å². The minimum absolute atomic E-state index is 0.0186. The van der Waals surface area contributed by atoms with E-state index in [1.165, 1.54) is 30.0 Å². The van der Waals surface area contributed by atoms with Gasteiger partial charge in [-0.05, 0) is 42.1 Å². The Kier molecular flexibility index (Phi) is 4.75. The second-order valence-electron chi connectivity index (χ2n) is 5.08. The quantitative estimate of drug-likeness (QED) is 0.557. The molecule has 0 spiro atoms. The highest BCUT2D eigenvalue weighted by Crippen LogP contribution is 2.27. The first kappa shape index (κ1) is 16.7. The topological polar surface area (TPSA) is 103 Å². The zero-order valence-electron chi connectivity index (χ0n) is 13.1. The number of benzene rings is 2. The maximum absolute atomic E-state index is 12.3. The molecule has 1 heterocycles. The molecular formula is C16H13N5O3S. The summed E-state index contributed by atoms with van der Waals surface area (Å²) in [5.41, 5.74) is 0.338. The molecule has 126 valence electrons. The summed E-state index contributed by atoms with van der Waals surface area (Å²) in [5, 5.41) is 22.2. The number of para-hydroxylation sites is 1. The Bertz CT molecular complexity index is 924. The number of aromatic nitrogens is 3. The van der Waals surface area contributed by atoms with Gasteiger partial charge in [-0.2, -0.15) is 0 Å². The summed E-state index contributed by atoms with van der Waals surface area (Å²) in [4.78, 5) is 23.7. The second-order valence-corrected chi connectivity index (χ2v) is 6.12. The molecule has 8 nitrogen and oxygen atoms in total. The van der Waals surface area contributed by atoms with Crippen LogP contribution in [0.2, 0.25) is 0 Å². The Labute approximate surface area is 147 Å². The largest absolute Gasteiger partial charge is 0.322 e. The highest BCUT2D eigenvalue weighted by Gasteiger charge is 2.19. The smallest absolute Gasteiger partial charge is 0.282 e. The predicted octanol–water partition coefficient (Wildman–Crippen LogP) is 3.13. The number of nitrogens with one attached hydrogen (secondary N) is 1. The molecule has 2 aromatic carbocycles. The Balaban J connectivity index is 1.72. The summed E-state index contributed by atoms with van der Waals surface area (Å²) in [5.74, 6) is -0.527. The van der Waals surface area contributed by atoms with Crippen LogP contribution in [0.15, 0.2) is 64.9 Å². The van der Waals surface area contributed by atoms with Crippen LogP contribution in [0.3, 0.4) is 0 Å². The molecule has 3 aromatic rings. The molecule has 0 saturated carbocycles. The standard InChI is InChI=1S/C16H13N5O3S/c1-20-10-17-19-16(20)25-12-8-6-11(7-9-12)18-15(22)13-4-2-3-5-14(13)21(23)24/h2-10H,1H3,(H,18,22). The van der Waals surface area contributed by atoms with E-state index in [0.29, 0.717) is 5.69 Å². The van der Waals surface area contributed by atoms with Gasteiger partial charge in [-0.3, -0.25) is 14.9 Å². The number of rotatable bonds is 5. The van der Waals surface area contributed by atoms with E-state index in [-0.39, 0.29) is 11.3 Å². The number of anilines is 1. The molecule has 0 aliphatic heterocycles. The third-order valence-electron chi connectivity index (χ3n) is 3.34. The van der Waals surface area contributed by atoms with Crippen LogP contribution in [0.5, 0.6) is 0 Å². The van der Waals surface area contributed by atoms with Gasteiger partial charge in [0.15, 0.2) is 5.16 Å².